The van der Waals surface area contributed by atoms with Crippen LogP contribution in [0.25, 0.3) is 0 Å². The predicted octanol–water partition coefficient (Wildman–Crippen LogP) is 2.73. The zero-order valence-electron chi connectivity index (χ0n) is 9.28. The van der Waals surface area contributed by atoms with E-state index in [1.165, 1.54) is 19.3 Å². The molecule has 1 fully saturated rings. The van der Waals surface area contributed by atoms with Crippen molar-refractivity contribution in [2.45, 2.75) is 38.5 Å². The zero-order valence-corrected chi connectivity index (χ0v) is 9.28. The highest BCUT2D eigenvalue weighted by molar-refractivity contribution is 5.81. The fourth-order valence-corrected chi connectivity index (χ4v) is 2.50. The highest BCUT2D eigenvalue weighted by atomic mass is 16.5. The van der Waals surface area contributed by atoms with Crippen LogP contribution in [0.1, 0.15) is 38.5 Å². The van der Waals surface area contributed by atoms with Gasteiger partial charge in [0.25, 0.3) is 0 Å². The molecule has 1 aliphatic carbocycles. The van der Waals surface area contributed by atoms with E-state index in [9.17, 15) is 4.79 Å². The lowest BCUT2D eigenvalue weighted by Crippen LogP contribution is -2.21. The summed E-state index contributed by atoms with van der Waals surface area (Å²) in [5.41, 5.74) is 0. The zero-order chi connectivity index (χ0) is 10.5. The van der Waals surface area contributed by atoms with Crippen molar-refractivity contribution in [2.75, 3.05) is 13.2 Å². The molecular weight excluding hydrogens is 188 g/mol. The fraction of sp³-hybridized carbons (Fsp3) is 0.769. The van der Waals surface area contributed by atoms with Crippen molar-refractivity contribution in [1.29, 1.82) is 0 Å². The summed E-state index contributed by atoms with van der Waals surface area (Å²) in [6.07, 6.45) is 11.0. The van der Waals surface area contributed by atoms with E-state index in [0.29, 0.717) is 18.3 Å². The lowest BCUT2D eigenvalue weighted by molar-refractivity contribution is -0.123. The molecule has 0 bridgehead atoms. The van der Waals surface area contributed by atoms with Crippen molar-refractivity contribution in [3.63, 3.8) is 0 Å². The second-order valence-electron chi connectivity index (χ2n) is 4.68. The molecule has 0 amide bonds. The van der Waals surface area contributed by atoms with Gasteiger partial charge >= 0.3 is 0 Å². The van der Waals surface area contributed by atoms with Crippen molar-refractivity contribution in [1.82, 2.24) is 0 Å². The van der Waals surface area contributed by atoms with E-state index in [2.05, 4.69) is 12.2 Å². The van der Waals surface area contributed by atoms with E-state index >= 15 is 0 Å². The normalized spacial score (nSPS) is 35.6. The highest BCUT2D eigenvalue weighted by Crippen LogP contribution is 2.27. The maximum absolute atomic E-state index is 11.9. The first-order chi connectivity index (χ1) is 7.38. The van der Waals surface area contributed by atoms with Gasteiger partial charge in [-0.3, -0.25) is 4.79 Å². The van der Waals surface area contributed by atoms with Crippen LogP contribution in [0.15, 0.2) is 12.2 Å². The van der Waals surface area contributed by atoms with Gasteiger partial charge in [0, 0.05) is 12.3 Å². The number of carbonyl (C=O) groups excluding carboxylic acids is 1. The summed E-state index contributed by atoms with van der Waals surface area (Å²) in [7, 11) is 0. The highest BCUT2D eigenvalue weighted by Gasteiger charge is 2.32. The van der Waals surface area contributed by atoms with E-state index in [1.807, 2.05) is 0 Å². The van der Waals surface area contributed by atoms with E-state index in [1.54, 1.807) is 0 Å². The molecule has 2 nitrogen and oxygen atoms in total. The topological polar surface area (TPSA) is 26.3 Å². The lowest BCUT2D eigenvalue weighted by atomic mass is 9.87. The molecule has 1 aliphatic heterocycles. The number of Topliss-reactive ketones (excluding diaryl/α,β-unsaturated/α-hetero) is 1. The number of fused-ring (bicyclic) bond motifs is 1. The molecule has 0 spiro atoms. The first-order valence-electron chi connectivity index (χ1n) is 6.13. The third kappa shape index (κ3) is 2.91. The Hall–Kier alpha value is -0.630. The molecule has 84 valence electrons. The van der Waals surface area contributed by atoms with Crippen LogP contribution in [0.2, 0.25) is 0 Å². The van der Waals surface area contributed by atoms with Crippen LogP contribution in [0, 0.1) is 11.8 Å². The second kappa shape index (κ2) is 5.45. The standard InChI is InChI=1S/C13H20O2/c14-13-8-6-4-2-1-3-5-7-11-9-15-10-12(11)13/h3,5,11-12H,1-2,4,6-10H2/b5-3+/t11-,12-/m0/s1. The Morgan fingerprint density at radius 1 is 1.13 bits per heavy atom. The fourth-order valence-electron chi connectivity index (χ4n) is 2.50. The van der Waals surface area contributed by atoms with Crippen molar-refractivity contribution < 1.29 is 9.53 Å². The van der Waals surface area contributed by atoms with Crippen LogP contribution < -0.4 is 0 Å². The molecule has 0 aromatic heterocycles. The van der Waals surface area contributed by atoms with Gasteiger partial charge in [0.1, 0.15) is 5.78 Å². The number of carbonyl (C=O) groups is 1. The van der Waals surface area contributed by atoms with E-state index in [-0.39, 0.29) is 5.92 Å². The van der Waals surface area contributed by atoms with Gasteiger partial charge in [-0.15, -0.1) is 0 Å². The number of allylic oxidation sites excluding steroid dienone is 2. The number of ether oxygens (including phenoxy) is 1. The van der Waals surface area contributed by atoms with Gasteiger partial charge in [0.05, 0.1) is 13.2 Å². The second-order valence-corrected chi connectivity index (χ2v) is 4.68. The van der Waals surface area contributed by atoms with Gasteiger partial charge < -0.3 is 4.74 Å². The van der Waals surface area contributed by atoms with Crippen LogP contribution in [0.5, 0.6) is 0 Å². The van der Waals surface area contributed by atoms with Gasteiger partial charge in [-0.05, 0) is 31.6 Å². The molecule has 2 rings (SSSR count). The monoisotopic (exact) mass is 208 g/mol. The summed E-state index contributed by atoms with van der Waals surface area (Å²) in [6, 6.07) is 0. The maximum Gasteiger partial charge on any atom is 0.138 e. The molecule has 2 heteroatoms. The Labute approximate surface area is 91.7 Å². The number of ketones is 1. The summed E-state index contributed by atoms with van der Waals surface area (Å²) in [5.74, 6) is 1.08. The molecule has 0 saturated carbocycles. The molecule has 2 aliphatic rings. The molecule has 0 N–H and O–H groups in total. The van der Waals surface area contributed by atoms with E-state index in [4.69, 9.17) is 4.74 Å². The van der Waals surface area contributed by atoms with Crippen LogP contribution in [-0.4, -0.2) is 19.0 Å². The van der Waals surface area contributed by atoms with Crippen molar-refractivity contribution in [2.24, 2.45) is 11.8 Å². The van der Waals surface area contributed by atoms with Crippen LogP contribution in [0.4, 0.5) is 0 Å². The quantitative estimate of drug-likeness (QED) is 0.572. The van der Waals surface area contributed by atoms with Gasteiger partial charge in [0.2, 0.25) is 0 Å². The van der Waals surface area contributed by atoms with Crippen LogP contribution in [-0.2, 0) is 9.53 Å². The average molecular weight is 208 g/mol. The van der Waals surface area contributed by atoms with Gasteiger partial charge in [-0.2, -0.15) is 0 Å². The van der Waals surface area contributed by atoms with Crippen molar-refractivity contribution >= 4 is 5.78 Å². The first kappa shape index (κ1) is 10.9. The third-order valence-corrected chi connectivity index (χ3v) is 3.51. The largest absolute Gasteiger partial charge is 0.380 e. The van der Waals surface area contributed by atoms with Crippen molar-refractivity contribution in [3.05, 3.63) is 12.2 Å². The predicted molar refractivity (Wildman–Crippen MR) is 59.6 cm³/mol. The minimum Gasteiger partial charge on any atom is -0.380 e. The van der Waals surface area contributed by atoms with Crippen molar-refractivity contribution in [3.8, 4) is 0 Å². The Balaban J connectivity index is 1.99. The Bertz CT molecular complexity index is 245. The molecule has 0 aromatic rings. The summed E-state index contributed by atoms with van der Waals surface area (Å²) < 4.78 is 5.43. The smallest absolute Gasteiger partial charge is 0.138 e. The minimum absolute atomic E-state index is 0.188. The molecule has 1 saturated heterocycles. The number of rotatable bonds is 0. The Morgan fingerprint density at radius 2 is 2.07 bits per heavy atom. The summed E-state index contributed by atoms with van der Waals surface area (Å²) in [6.45, 7) is 1.44. The first-order valence-corrected chi connectivity index (χ1v) is 6.13. The average Bonchev–Trinajstić information content (AvgIpc) is 2.68. The molecule has 2 atom stereocenters. The molecule has 0 aromatic carbocycles. The third-order valence-electron chi connectivity index (χ3n) is 3.51. The Morgan fingerprint density at radius 3 is 3.00 bits per heavy atom. The van der Waals surface area contributed by atoms with Gasteiger partial charge in [0.15, 0.2) is 0 Å². The minimum atomic E-state index is 0.188. The maximum atomic E-state index is 11.9. The van der Waals surface area contributed by atoms with E-state index in [0.717, 1.165) is 25.9 Å². The lowest BCUT2D eigenvalue weighted by Gasteiger charge is -2.14. The summed E-state index contributed by atoms with van der Waals surface area (Å²) in [4.78, 5) is 11.9. The Kier molecular flexibility index (Phi) is 3.95. The molecule has 0 radical (unpaired) electrons. The molecular formula is C13H20O2. The molecule has 15 heavy (non-hydrogen) atoms. The van der Waals surface area contributed by atoms with Gasteiger partial charge in [-0.25, -0.2) is 0 Å². The molecule has 1 heterocycles. The summed E-state index contributed by atoms with van der Waals surface area (Å²) >= 11 is 0. The van der Waals surface area contributed by atoms with E-state index < -0.39 is 0 Å². The van der Waals surface area contributed by atoms with Gasteiger partial charge in [-0.1, -0.05) is 18.6 Å². The van der Waals surface area contributed by atoms with Crippen LogP contribution in [0.3, 0.4) is 0 Å². The summed E-state index contributed by atoms with van der Waals surface area (Å²) in [5, 5.41) is 0. The molecule has 0 unspecified atom stereocenters. The number of hydrogen-bond acceptors (Lipinski definition) is 2. The SMILES string of the molecule is O=C1CCCCC/C=C/C[C@H]2COC[C@H]12. The van der Waals surface area contributed by atoms with Crippen LogP contribution >= 0.6 is 0 Å². The number of hydrogen-bond donors (Lipinski definition) is 0.